The predicted octanol–water partition coefficient (Wildman–Crippen LogP) is 1.16. The van der Waals surface area contributed by atoms with Crippen molar-refractivity contribution >= 4 is 40.6 Å². The topological polar surface area (TPSA) is 121 Å². The number of carboxylic acid groups (broad SMARTS) is 1. The predicted molar refractivity (Wildman–Crippen MR) is 80.0 cm³/mol. The molecule has 2 amide bonds. The molecular weight excluding hydrogens is 324 g/mol. The zero-order chi connectivity index (χ0) is 17.0. The molecule has 1 saturated heterocycles. The van der Waals surface area contributed by atoms with E-state index in [-0.39, 0.29) is 30.0 Å². The van der Waals surface area contributed by atoms with Gasteiger partial charge in [-0.1, -0.05) is 0 Å². The van der Waals surface area contributed by atoms with Crippen LogP contribution in [0.2, 0.25) is 0 Å². The number of carbonyl (C=O) groups excluding carboxylic acids is 3. The van der Waals surface area contributed by atoms with Crippen molar-refractivity contribution in [1.29, 1.82) is 0 Å². The average Bonchev–Trinajstić information content (AvgIpc) is 2.75. The summed E-state index contributed by atoms with van der Waals surface area (Å²) in [5.41, 5.74) is 0.480. The van der Waals surface area contributed by atoms with Gasteiger partial charge in [0.25, 0.3) is 16.8 Å². The van der Waals surface area contributed by atoms with E-state index in [1.807, 2.05) is 0 Å². The summed E-state index contributed by atoms with van der Waals surface area (Å²) in [6.45, 7) is 0.0102. The third kappa shape index (κ3) is 4.16. The van der Waals surface area contributed by atoms with E-state index in [0.717, 1.165) is 16.7 Å². The van der Waals surface area contributed by atoms with Gasteiger partial charge in [-0.15, -0.1) is 0 Å². The van der Waals surface area contributed by atoms with Gasteiger partial charge in [0.1, 0.15) is 0 Å². The third-order valence-corrected chi connectivity index (χ3v) is 3.95. The minimum absolute atomic E-state index is 0.0102. The van der Waals surface area contributed by atoms with Crippen LogP contribution in [0.5, 0.6) is 0 Å². The van der Waals surface area contributed by atoms with Crippen LogP contribution >= 0.6 is 11.8 Å². The number of rotatable bonds is 6. The lowest BCUT2D eigenvalue weighted by molar-refractivity contribution is -0.384. The number of benzene rings is 1. The number of hydrogen-bond acceptors (Lipinski definition) is 7. The van der Waals surface area contributed by atoms with Crippen molar-refractivity contribution in [2.45, 2.75) is 12.8 Å². The SMILES string of the molecule is O=C([O-])CCCN1C(=O)S/C(=C/c2ccc([N+](=O)[O-])cc2)C1=O. The fourth-order valence-corrected chi connectivity index (χ4v) is 2.78. The number of hydrogen-bond donors (Lipinski definition) is 0. The number of amides is 2. The summed E-state index contributed by atoms with van der Waals surface area (Å²) >= 11 is 0.748. The van der Waals surface area contributed by atoms with Crippen LogP contribution < -0.4 is 5.11 Å². The van der Waals surface area contributed by atoms with E-state index in [1.54, 1.807) is 0 Å². The lowest BCUT2D eigenvalue weighted by Crippen LogP contribution is -2.30. The van der Waals surface area contributed by atoms with Crippen molar-refractivity contribution in [2.75, 3.05) is 6.54 Å². The van der Waals surface area contributed by atoms with Crippen LogP contribution in [0.25, 0.3) is 6.08 Å². The first kappa shape index (κ1) is 16.7. The second-order valence-corrected chi connectivity index (χ2v) is 5.65. The molecule has 1 aromatic rings. The Balaban J connectivity index is 2.08. The molecular formula is C14H11N2O6S-. The Morgan fingerprint density at radius 3 is 2.48 bits per heavy atom. The summed E-state index contributed by atoms with van der Waals surface area (Å²) in [6, 6.07) is 5.55. The molecule has 2 rings (SSSR count). The molecule has 0 aromatic heterocycles. The number of nitro groups is 1. The second kappa shape index (κ2) is 7.05. The highest BCUT2D eigenvalue weighted by molar-refractivity contribution is 8.18. The van der Waals surface area contributed by atoms with Crippen molar-refractivity contribution in [3.63, 3.8) is 0 Å². The van der Waals surface area contributed by atoms with Crippen LogP contribution in [0.3, 0.4) is 0 Å². The van der Waals surface area contributed by atoms with E-state index in [9.17, 15) is 29.6 Å². The van der Waals surface area contributed by atoms with Gasteiger partial charge in [-0.25, -0.2) is 0 Å². The Morgan fingerprint density at radius 2 is 1.91 bits per heavy atom. The molecule has 0 spiro atoms. The Bertz CT molecular complexity index is 698. The molecule has 23 heavy (non-hydrogen) atoms. The fourth-order valence-electron chi connectivity index (χ4n) is 1.92. The first-order valence-electron chi connectivity index (χ1n) is 6.58. The van der Waals surface area contributed by atoms with E-state index in [0.29, 0.717) is 5.56 Å². The first-order chi connectivity index (χ1) is 10.9. The van der Waals surface area contributed by atoms with Gasteiger partial charge in [0.05, 0.1) is 9.83 Å². The number of carbonyl (C=O) groups is 3. The standard InChI is InChI=1S/C14H12N2O6S/c17-12(18)2-1-7-15-13(19)11(23-14(15)20)8-9-3-5-10(6-4-9)16(21)22/h3-6,8H,1-2,7H2,(H,17,18)/p-1/b11-8+. The Hall–Kier alpha value is -2.68. The molecule has 0 atom stereocenters. The van der Waals surface area contributed by atoms with Gasteiger partial charge < -0.3 is 9.90 Å². The monoisotopic (exact) mass is 335 g/mol. The Labute approximate surface area is 134 Å². The van der Waals surface area contributed by atoms with Crippen LogP contribution in [0.1, 0.15) is 18.4 Å². The molecule has 120 valence electrons. The molecule has 1 fully saturated rings. The van der Waals surface area contributed by atoms with Gasteiger partial charge in [0, 0.05) is 24.6 Å². The zero-order valence-corrected chi connectivity index (χ0v) is 12.6. The minimum Gasteiger partial charge on any atom is -0.550 e. The summed E-state index contributed by atoms with van der Waals surface area (Å²) < 4.78 is 0. The quantitative estimate of drug-likeness (QED) is 0.434. The molecule has 0 aliphatic carbocycles. The van der Waals surface area contributed by atoms with E-state index < -0.39 is 22.0 Å². The summed E-state index contributed by atoms with van der Waals surface area (Å²) in [5.74, 6) is -1.74. The number of non-ortho nitro benzene ring substituents is 1. The Kier molecular flexibility index (Phi) is 5.12. The van der Waals surface area contributed by atoms with Crippen molar-refractivity contribution in [1.82, 2.24) is 4.90 Å². The number of carboxylic acids is 1. The molecule has 0 bridgehead atoms. The van der Waals surface area contributed by atoms with Gasteiger partial charge in [-0.2, -0.15) is 0 Å². The third-order valence-electron chi connectivity index (χ3n) is 3.04. The number of aliphatic carboxylic acids is 1. The van der Waals surface area contributed by atoms with Gasteiger partial charge >= 0.3 is 0 Å². The molecule has 0 radical (unpaired) electrons. The maximum Gasteiger partial charge on any atom is 0.293 e. The van der Waals surface area contributed by atoms with Crippen molar-refractivity contribution in [3.8, 4) is 0 Å². The van der Waals surface area contributed by atoms with Crippen molar-refractivity contribution < 1.29 is 24.4 Å². The molecule has 1 aromatic carbocycles. The zero-order valence-electron chi connectivity index (χ0n) is 11.8. The molecule has 0 N–H and O–H groups in total. The number of nitro benzene ring substituents is 1. The maximum atomic E-state index is 12.1. The fraction of sp³-hybridized carbons (Fsp3) is 0.214. The van der Waals surface area contributed by atoms with Crippen LogP contribution in [0.4, 0.5) is 10.5 Å². The van der Waals surface area contributed by atoms with E-state index in [1.165, 1.54) is 30.3 Å². The van der Waals surface area contributed by atoms with E-state index >= 15 is 0 Å². The van der Waals surface area contributed by atoms with E-state index in [4.69, 9.17) is 0 Å². The number of thioether (sulfide) groups is 1. The van der Waals surface area contributed by atoms with Crippen LogP contribution in [-0.4, -0.2) is 33.5 Å². The first-order valence-corrected chi connectivity index (χ1v) is 7.40. The summed E-state index contributed by atoms with van der Waals surface area (Å²) in [5, 5.41) is 20.5. The Morgan fingerprint density at radius 1 is 1.26 bits per heavy atom. The normalized spacial score (nSPS) is 16.2. The molecule has 1 aliphatic rings. The lowest BCUT2D eigenvalue weighted by Gasteiger charge is -2.12. The number of nitrogens with zero attached hydrogens (tertiary/aromatic N) is 2. The summed E-state index contributed by atoms with van der Waals surface area (Å²) in [7, 11) is 0. The molecule has 1 heterocycles. The van der Waals surface area contributed by atoms with Crippen LogP contribution in [0.15, 0.2) is 29.2 Å². The molecule has 9 heteroatoms. The van der Waals surface area contributed by atoms with Crippen molar-refractivity contribution in [2.24, 2.45) is 0 Å². The van der Waals surface area contributed by atoms with Crippen LogP contribution in [0, 0.1) is 10.1 Å². The molecule has 1 aliphatic heterocycles. The van der Waals surface area contributed by atoms with Gasteiger partial charge in [0.2, 0.25) is 0 Å². The molecule has 8 nitrogen and oxygen atoms in total. The van der Waals surface area contributed by atoms with Gasteiger partial charge in [0.15, 0.2) is 0 Å². The summed E-state index contributed by atoms with van der Waals surface area (Å²) in [4.78, 5) is 45.5. The molecule has 0 saturated carbocycles. The van der Waals surface area contributed by atoms with E-state index in [2.05, 4.69) is 0 Å². The van der Waals surface area contributed by atoms with Crippen molar-refractivity contribution in [3.05, 3.63) is 44.8 Å². The maximum absolute atomic E-state index is 12.1. The molecule has 0 unspecified atom stereocenters. The number of imide groups is 1. The van der Waals surface area contributed by atoms with Gasteiger partial charge in [-0.3, -0.25) is 24.6 Å². The highest BCUT2D eigenvalue weighted by atomic mass is 32.2. The average molecular weight is 335 g/mol. The van der Waals surface area contributed by atoms with Gasteiger partial charge in [-0.05, 0) is 48.4 Å². The second-order valence-electron chi connectivity index (χ2n) is 4.66. The highest BCUT2D eigenvalue weighted by Gasteiger charge is 2.34. The lowest BCUT2D eigenvalue weighted by atomic mass is 10.2. The largest absolute Gasteiger partial charge is 0.550 e. The summed E-state index contributed by atoms with van der Waals surface area (Å²) in [6.07, 6.45) is 1.36. The highest BCUT2D eigenvalue weighted by Crippen LogP contribution is 2.32. The van der Waals surface area contributed by atoms with Crippen LogP contribution in [-0.2, 0) is 9.59 Å². The minimum atomic E-state index is -1.24. The smallest absolute Gasteiger partial charge is 0.293 e.